The number of fused-ring (bicyclic) bond motifs is 5. The Hall–Kier alpha value is -7.06. The van der Waals surface area contributed by atoms with E-state index >= 15 is 0 Å². The summed E-state index contributed by atoms with van der Waals surface area (Å²) in [5.41, 5.74) is 15.8. The van der Waals surface area contributed by atoms with E-state index in [0.29, 0.717) is 68.3 Å². The van der Waals surface area contributed by atoms with Gasteiger partial charge in [-0.25, -0.2) is 24.7 Å². The predicted octanol–water partition coefficient (Wildman–Crippen LogP) is 21.3. The van der Waals surface area contributed by atoms with Crippen LogP contribution < -0.4 is 0 Å². The van der Waals surface area contributed by atoms with Crippen LogP contribution >= 0.6 is 30.8 Å². The van der Waals surface area contributed by atoms with Gasteiger partial charge in [-0.15, -0.1) is 23.2 Å². The number of ether oxygens (including phenoxy) is 10. The van der Waals surface area contributed by atoms with Crippen LogP contribution in [0, 0.1) is 78.5 Å². The Kier molecular flexibility index (Phi) is 64.1. The first-order valence-corrected chi connectivity index (χ1v) is 52.3. The molecule has 27 nitrogen and oxygen atoms in total. The normalized spacial score (nSPS) is 20.4. The number of carbonyl (C=O) groups is 6. The number of aryl methyl sites for hydroxylation is 11. The Morgan fingerprint density at radius 1 is 0.430 bits per heavy atom. The molecule has 5 saturated carbocycles. The molecule has 0 bridgehead atoms. The summed E-state index contributed by atoms with van der Waals surface area (Å²) >= 11 is 9.53. The Morgan fingerprint density at radius 2 is 0.711 bits per heavy atom. The fourth-order valence-corrected chi connectivity index (χ4v) is 19.3. The van der Waals surface area contributed by atoms with Crippen molar-refractivity contribution in [3.8, 4) is 0 Å². The number of alkyl halides is 2. The van der Waals surface area contributed by atoms with Gasteiger partial charge in [-0.05, 0) is 359 Å². The van der Waals surface area contributed by atoms with Gasteiger partial charge in [0.2, 0.25) is 0 Å². The van der Waals surface area contributed by atoms with E-state index in [-0.39, 0.29) is 115 Å². The molecule has 790 valence electrons. The summed E-state index contributed by atoms with van der Waals surface area (Å²) in [5.74, 6) is 2.12. The van der Waals surface area contributed by atoms with Crippen molar-refractivity contribution in [3.05, 3.63) is 171 Å². The van der Waals surface area contributed by atoms with Crippen LogP contribution in [0.25, 0.3) is 22.1 Å². The number of pyridine rings is 7. The van der Waals surface area contributed by atoms with Crippen molar-refractivity contribution in [2.24, 2.45) is 47.3 Å². The molecule has 15 rings (SSSR count). The van der Waals surface area contributed by atoms with E-state index in [1.807, 2.05) is 45.0 Å². The number of esters is 5. The van der Waals surface area contributed by atoms with Gasteiger partial charge < -0.3 is 66.3 Å². The number of aliphatic hydroxyl groups excluding tert-OH is 1. The maximum Gasteiger partial charge on any atom is 0.344 e. The van der Waals surface area contributed by atoms with Crippen LogP contribution in [-0.2, 0) is 160 Å². The molecule has 8 aliphatic rings. The van der Waals surface area contributed by atoms with Crippen molar-refractivity contribution in [3.63, 3.8) is 0 Å². The molecule has 0 amide bonds. The summed E-state index contributed by atoms with van der Waals surface area (Å²) in [5, 5.41) is 9.36. The third kappa shape index (κ3) is 44.5. The molecule has 1 N–H and O–H groups in total. The summed E-state index contributed by atoms with van der Waals surface area (Å²) in [6.07, 6.45) is 47.4. The monoisotopic (exact) mass is 2260 g/mol. The summed E-state index contributed by atoms with van der Waals surface area (Å²) in [4.78, 5) is 98.9. The maximum atomic E-state index is 11.5. The van der Waals surface area contributed by atoms with E-state index in [0.717, 1.165) is 212 Å². The molecule has 7 aromatic rings. The molecular weight excluding hydrogens is 2090 g/mol. The van der Waals surface area contributed by atoms with Gasteiger partial charge in [0.1, 0.15) is 12.9 Å². The van der Waals surface area contributed by atoms with Crippen molar-refractivity contribution in [1.82, 2.24) is 34.9 Å². The SMILES string of the molecule is C.C.C.CO.COC(=O)C(C)=CCOC1CC(CCc2ccc3cccnc3n2)C1.COC(=O)C(C)CCOC1CC(CCc2ccc3c(n2)CCCC3)C1.COC(=O)C(C)CCOC1CC(CCc2ccc3c(n2)CCCC3)C1.COC(=O)C(C)CCOC1CC(CCc2ccc3c(n2)CCCC3)C1.COC(=O)C(C)P(=O)(OC)OC.ClCCl.O=CCOC1CC(CCc2ccc3cccnc3n2)C1.[2H][B].[HH].[U]. The summed E-state index contributed by atoms with van der Waals surface area (Å²) < 4.78 is 78.0. The minimum absolute atomic E-state index is 0. The average molecular weight is 2260 g/mol. The molecule has 7 aromatic heterocycles. The van der Waals surface area contributed by atoms with Crippen LogP contribution in [0.1, 0.15) is 275 Å². The third-order valence-corrected chi connectivity index (χ3v) is 29.6. The zero-order chi connectivity index (χ0) is 101. The number of aliphatic hydroxyl groups is 1. The van der Waals surface area contributed by atoms with Gasteiger partial charge in [-0.1, -0.05) is 61.3 Å². The van der Waals surface area contributed by atoms with Crippen molar-refractivity contribution < 1.29 is 127 Å². The standard InChI is InChI=1S/3C21H31NO3.C20H24N2O3.C16H18N2O2.C6H13O5P.CH2Cl2.CH4O.3CH4.BH.U.H2/c3*1-15(21(23)24-2)11-12-25-19-13-16(14-19)7-9-18-10-8-17-5-3-4-6-20(17)22-18;1-14(20(23)24-2)9-11-25-18-12-15(13-18)5-7-17-8-6-16-4-3-10-21-19(16)22-17;19-8-9-20-15-10-12(11-15)3-5-14-6-4-13-2-1-7-17-16(13)18-14;1-5(6(7)9-2)12(8,10-3)11-4;2-1-3;1-2;;;;;;/h3*8,10,15-16,19H,3-7,9,11-14H2,1-2H3;3-4,6,8-10,15,18H,5,7,11-13H2,1-2H3;1-2,4,6-8,12,15H,3,5,9-11H2;5H,1-4H3;1H2;2H,1H3;3*1H4;1H;;1H/i;;;;;;;;;;;1D;;. The fraction of sp³-hybridized carbons (Fsp3) is 0.645. The number of methoxy groups -OCH3 is 5. The van der Waals surface area contributed by atoms with Gasteiger partial charge in [-0.3, -0.25) is 38.7 Å². The second-order valence-corrected chi connectivity index (χ2v) is 40.6. The fourth-order valence-electron chi connectivity index (χ4n) is 18.2. The van der Waals surface area contributed by atoms with Gasteiger partial charge in [0, 0.05) is 156 Å². The van der Waals surface area contributed by atoms with Crippen molar-refractivity contribution >= 4 is 97.4 Å². The first-order chi connectivity index (χ1) is 67.4. The van der Waals surface area contributed by atoms with Crippen LogP contribution in [0.3, 0.4) is 0 Å². The molecule has 0 aliphatic heterocycles. The van der Waals surface area contributed by atoms with Crippen LogP contribution in [-0.4, -0.2) is 217 Å². The second kappa shape index (κ2) is 71.5. The van der Waals surface area contributed by atoms with Crippen molar-refractivity contribution in [1.29, 1.82) is 1.34 Å². The molecule has 142 heavy (non-hydrogen) atoms. The molecule has 0 spiro atoms. The third-order valence-electron chi connectivity index (χ3n) is 27.4. The number of nitrogens with zero attached hydrogens (tertiary/aromatic N) is 7. The summed E-state index contributed by atoms with van der Waals surface area (Å²) in [6.45, 7) is 11.5. The van der Waals surface area contributed by atoms with Crippen molar-refractivity contribution in [2.75, 3.05) is 95.3 Å². The Balaban J connectivity index is 0.000000578. The molecule has 7 heterocycles. The zero-order valence-electron chi connectivity index (χ0n) is 85.6. The molecule has 4 unspecified atom stereocenters. The molecule has 0 saturated heterocycles. The largest absolute Gasteiger partial charge is 0.469 e. The molecular formula is C110H169BCl2N7O20PU. The topological polar surface area (TPSA) is 341 Å². The molecule has 4 atom stereocenters. The number of halogens is 2. The van der Waals surface area contributed by atoms with E-state index < -0.39 is 19.2 Å². The Bertz CT molecular complexity index is 4630. The second-order valence-electron chi connectivity index (χ2n) is 37.2. The van der Waals surface area contributed by atoms with Crippen LogP contribution in [0.15, 0.2) is 109 Å². The average Bonchev–Trinajstić information content (AvgIpc) is 0.839. The Morgan fingerprint density at radius 3 is 1.00 bits per heavy atom. The predicted molar refractivity (Wildman–Crippen MR) is 562 cm³/mol. The van der Waals surface area contributed by atoms with Gasteiger partial charge >= 0.3 is 37.4 Å². The van der Waals surface area contributed by atoms with Crippen LogP contribution in [0.5, 0.6) is 0 Å². The van der Waals surface area contributed by atoms with Gasteiger partial charge in [0.25, 0.3) is 0 Å². The molecule has 32 heteroatoms. The first kappa shape index (κ1) is 127. The minimum atomic E-state index is -3.32. The van der Waals surface area contributed by atoms with Crippen LogP contribution in [0.4, 0.5) is 0 Å². The number of aromatic nitrogens is 7. The van der Waals surface area contributed by atoms with Gasteiger partial charge in [0.15, 0.2) is 17.0 Å². The molecule has 8 aliphatic carbocycles. The van der Waals surface area contributed by atoms with Gasteiger partial charge in [0.05, 0.1) is 95.8 Å². The quantitative estimate of drug-likeness (QED) is 0.00707. The van der Waals surface area contributed by atoms with E-state index in [2.05, 4.69) is 107 Å². The smallest absolute Gasteiger partial charge is 0.344 e. The summed E-state index contributed by atoms with van der Waals surface area (Å²) in [6, 6.07) is 29.8. The molecule has 0 aromatic carbocycles. The van der Waals surface area contributed by atoms with Gasteiger partial charge in [-0.2, -0.15) is 0 Å². The number of carbonyl (C=O) groups excluding carboxylic acids is 6. The number of hydrogen-bond acceptors (Lipinski definition) is 27. The van der Waals surface area contributed by atoms with Crippen molar-refractivity contribution in [2.45, 2.75) is 318 Å². The number of rotatable bonds is 41. The maximum absolute atomic E-state index is 11.5. The summed E-state index contributed by atoms with van der Waals surface area (Å²) in [7, 11) is 10.8. The number of hydrogen-bond donors (Lipinski definition) is 1. The van der Waals surface area contributed by atoms with E-state index in [1.165, 1.54) is 185 Å². The molecule has 5 fully saturated rings. The first-order valence-electron chi connectivity index (χ1n) is 50.2. The number of aldehydes is 1. The van der Waals surface area contributed by atoms with E-state index in [9.17, 15) is 33.3 Å². The minimum Gasteiger partial charge on any atom is -0.469 e. The Labute approximate surface area is 886 Å². The van der Waals surface area contributed by atoms with Crippen LogP contribution in [0.2, 0.25) is 0 Å². The molecule has 2 radical (unpaired) electrons. The zero-order valence-corrected chi connectivity index (χ0v) is 91.2. The van der Waals surface area contributed by atoms with E-state index in [4.69, 9.17) is 82.5 Å². The van der Waals surface area contributed by atoms with E-state index in [1.54, 1.807) is 25.4 Å².